The van der Waals surface area contributed by atoms with Gasteiger partial charge in [-0.2, -0.15) is 0 Å². The van der Waals surface area contributed by atoms with Gasteiger partial charge >= 0.3 is 0 Å². The molecule has 0 bridgehead atoms. The van der Waals surface area contributed by atoms with Gasteiger partial charge < -0.3 is 10.1 Å². The number of methoxy groups -OCH3 is 1. The first kappa shape index (κ1) is 13.4. The molecule has 0 saturated heterocycles. The van der Waals surface area contributed by atoms with E-state index in [1.807, 2.05) is 13.8 Å². The largest absolute Gasteiger partial charge is 0.385 e. The maximum absolute atomic E-state index is 11.1. The fourth-order valence-electron chi connectivity index (χ4n) is 1.14. The molecular weight excluding hydrogens is 178 g/mol. The van der Waals surface area contributed by atoms with Crippen molar-refractivity contribution in [2.24, 2.45) is 5.92 Å². The highest BCUT2D eigenvalue weighted by Gasteiger charge is 2.04. The molecule has 3 heteroatoms. The topological polar surface area (TPSA) is 38.3 Å². The van der Waals surface area contributed by atoms with Crippen LogP contribution in [0.5, 0.6) is 0 Å². The Bertz CT molecular complexity index is 152. The lowest BCUT2D eigenvalue weighted by atomic mass is 10.2. The van der Waals surface area contributed by atoms with E-state index in [2.05, 4.69) is 5.32 Å². The summed E-state index contributed by atoms with van der Waals surface area (Å²) in [5.74, 6) is 0.255. The molecule has 0 aliphatic rings. The third kappa shape index (κ3) is 8.05. The fraction of sp³-hybridized carbons (Fsp3) is 0.909. The van der Waals surface area contributed by atoms with Gasteiger partial charge in [-0.3, -0.25) is 4.79 Å². The molecular formula is C11H25NO2. The van der Waals surface area contributed by atoms with Crippen molar-refractivity contribution in [2.45, 2.75) is 39.5 Å². The predicted octanol–water partition coefficient (Wildman–Crippen LogP) is 2.21. The van der Waals surface area contributed by atoms with E-state index in [0.29, 0.717) is 0 Å². The third-order valence-electron chi connectivity index (χ3n) is 2.10. The molecule has 86 valence electrons. The first-order valence-electron chi connectivity index (χ1n) is 5.45. The van der Waals surface area contributed by atoms with Crippen LogP contribution in [0.1, 0.15) is 41.0 Å². The predicted molar refractivity (Wildman–Crippen MR) is 60.3 cm³/mol. The van der Waals surface area contributed by atoms with E-state index in [0.717, 1.165) is 26.0 Å². The number of amides is 1. The molecule has 3 nitrogen and oxygen atoms in total. The lowest BCUT2D eigenvalue weighted by molar-refractivity contribution is -0.123. The second kappa shape index (κ2) is 9.00. The van der Waals surface area contributed by atoms with E-state index in [-0.39, 0.29) is 13.3 Å². The minimum absolute atomic E-state index is 0. The van der Waals surface area contributed by atoms with Crippen LogP contribution in [0.2, 0.25) is 0 Å². The molecule has 0 aromatic rings. The Hall–Kier alpha value is -0.570. The Labute approximate surface area is 88.7 Å². The molecule has 0 fully saturated rings. The summed E-state index contributed by atoms with van der Waals surface area (Å²) in [6.45, 7) is 5.48. The Kier molecular flexibility index (Phi) is 8.64. The maximum atomic E-state index is 11.1. The molecule has 0 saturated carbocycles. The van der Waals surface area contributed by atoms with Gasteiger partial charge in [-0.1, -0.05) is 26.7 Å². The highest BCUT2D eigenvalue weighted by molar-refractivity contribution is 5.77. The standard InChI is InChI=1S/C11H23NO2.H2/c1-10(2)11(13)12-8-6-4-5-7-9-14-3;/h10H,4-9H2,1-3H3,(H,12,13);1H. The van der Waals surface area contributed by atoms with Crippen LogP contribution in [0.25, 0.3) is 0 Å². The maximum Gasteiger partial charge on any atom is 0.222 e. The van der Waals surface area contributed by atoms with Crippen molar-refractivity contribution < 1.29 is 11.0 Å². The highest BCUT2D eigenvalue weighted by atomic mass is 16.5. The molecule has 0 aliphatic heterocycles. The minimum Gasteiger partial charge on any atom is -0.385 e. The number of nitrogens with one attached hydrogen (secondary N) is 1. The lowest BCUT2D eigenvalue weighted by Crippen LogP contribution is -2.28. The number of unbranched alkanes of at least 4 members (excludes halogenated alkanes) is 3. The summed E-state index contributed by atoms with van der Waals surface area (Å²) < 4.78 is 4.95. The van der Waals surface area contributed by atoms with Crippen molar-refractivity contribution in [3.63, 3.8) is 0 Å². The number of ether oxygens (including phenoxy) is 1. The van der Waals surface area contributed by atoms with E-state index in [4.69, 9.17) is 4.74 Å². The Morgan fingerprint density at radius 2 is 1.93 bits per heavy atom. The van der Waals surface area contributed by atoms with E-state index in [9.17, 15) is 4.79 Å². The summed E-state index contributed by atoms with van der Waals surface area (Å²) in [7, 11) is 1.73. The van der Waals surface area contributed by atoms with Gasteiger partial charge in [0.2, 0.25) is 5.91 Å². The molecule has 1 amide bonds. The van der Waals surface area contributed by atoms with E-state index in [1.165, 1.54) is 12.8 Å². The summed E-state index contributed by atoms with van der Waals surface area (Å²) in [6.07, 6.45) is 4.55. The first-order chi connectivity index (χ1) is 6.68. The molecule has 0 aliphatic carbocycles. The average Bonchev–Trinajstić information content (AvgIpc) is 2.16. The molecule has 14 heavy (non-hydrogen) atoms. The van der Waals surface area contributed by atoms with Crippen molar-refractivity contribution >= 4 is 5.91 Å². The summed E-state index contributed by atoms with van der Waals surface area (Å²) in [4.78, 5) is 11.1. The first-order valence-corrected chi connectivity index (χ1v) is 5.45. The van der Waals surface area contributed by atoms with E-state index >= 15 is 0 Å². The van der Waals surface area contributed by atoms with Gasteiger partial charge in [0.1, 0.15) is 0 Å². The number of rotatable bonds is 8. The Balaban J connectivity index is 0. The Morgan fingerprint density at radius 1 is 1.29 bits per heavy atom. The van der Waals surface area contributed by atoms with Crippen LogP contribution in [-0.2, 0) is 9.53 Å². The molecule has 0 spiro atoms. The van der Waals surface area contributed by atoms with Crippen LogP contribution in [0.4, 0.5) is 0 Å². The molecule has 0 heterocycles. The fourth-order valence-corrected chi connectivity index (χ4v) is 1.14. The molecule has 0 radical (unpaired) electrons. The van der Waals surface area contributed by atoms with Gasteiger partial charge in [0, 0.05) is 27.6 Å². The van der Waals surface area contributed by atoms with Gasteiger partial charge in [-0.05, 0) is 12.8 Å². The van der Waals surface area contributed by atoms with Gasteiger partial charge in [-0.25, -0.2) is 0 Å². The van der Waals surface area contributed by atoms with E-state index in [1.54, 1.807) is 7.11 Å². The zero-order valence-electron chi connectivity index (χ0n) is 9.64. The van der Waals surface area contributed by atoms with Crippen molar-refractivity contribution in [1.29, 1.82) is 0 Å². The van der Waals surface area contributed by atoms with Crippen LogP contribution in [0, 0.1) is 5.92 Å². The number of hydrogen-bond donors (Lipinski definition) is 1. The molecule has 1 N–H and O–H groups in total. The highest BCUT2D eigenvalue weighted by Crippen LogP contribution is 1.99. The SMILES string of the molecule is COCCCCCCNC(=O)C(C)C.[HH]. The normalized spacial score (nSPS) is 10.6. The molecule has 0 unspecified atom stereocenters. The minimum atomic E-state index is 0. The average molecular weight is 203 g/mol. The van der Waals surface area contributed by atoms with Crippen LogP contribution < -0.4 is 5.32 Å². The quantitative estimate of drug-likeness (QED) is 0.614. The smallest absolute Gasteiger partial charge is 0.222 e. The van der Waals surface area contributed by atoms with E-state index < -0.39 is 0 Å². The van der Waals surface area contributed by atoms with Gasteiger partial charge in [0.15, 0.2) is 0 Å². The Morgan fingerprint density at radius 3 is 2.50 bits per heavy atom. The second-order valence-electron chi connectivity index (χ2n) is 3.85. The van der Waals surface area contributed by atoms with Crippen molar-refractivity contribution in [3.8, 4) is 0 Å². The van der Waals surface area contributed by atoms with Gasteiger partial charge in [0.05, 0.1) is 0 Å². The number of hydrogen-bond acceptors (Lipinski definition) is 2. The zero-order chi connectivity index (χ0) is 10.8. The molecule has 0 atom stereocenters. The second-order valence-corrected chi connectivity index (χ2v) is 3.85. The van der Waals surface area contributed by atoms with Crippen molar-refractivity contribution in [3.05, 3.63) is 0 Å². The number of carbonyl (C=O) groups is 1. The van der Waals surface area contributed by atoms with Gasteiger partial charge in [0.25, 0.3) is 0 Å². The van der Waals surface area contributed by atoms with Crippen LogP contribution in [-0.4, -0.2) is 26.2 Å². The number of carbonyl (C=O) groups excluding carboxylic acids is 1. The third-order valence-corrected chi connectivity index (χ3v) is 2.10. The van der Waals surface area contributed by atoms with Crippen molar-refractivity contribution in [1.82, 2.24) is 5.32 Å². The van der Waals surface area contributed by atoms with Crippen LogP contribution in [0.15, 0.2) is 0 Å². The van der Waals surface area contributed by atoms with Crippen molar-refractivity contribution in [2.75, 3.05) is 20.3 Å². The summed E-state index contributed by atoms with van der Waals surface area (Å²) in [6, 6.07) is 0. The molecule has 0 aromatic carbocycles. The lowest BCUT2D eigenvalue weighted by Gasteiger charge is -2.06. The van der Waals surface area contributed by atoms with Gasteiger partial charge in [-0.15, -0.1) is 0 Å². The molecule has 0 aromatic heterocycles. The van der Waals surface area contributed by atoms with Crippen LogP contribution in [0.3, 0.4) is 0 Å². The monoisotopic (exact) mass is 203 g/mol. The summed E-state index contributed by atoms with van der Waals surface area (Å²) in [5.41, 5.74) is 0. The zero-order valence-corrected chi connectivity index (χ0v) is 9.64. The molecule has 0 rings (SSSR count). The van der Waals surface area contributed by atoms with Crippen LogP contribution >= 0.6 is 0 Å². The summed E-state index contributed by atoms with van der Waals surface area (Å²) in [5, 5.41) is 2.90. The summed E-state index contributed by atoms with van der Waals surface area (Å²) >= 11 is 0.